The fourth-order valence-corrected chi connectivity index (χ4v) is 13.3. The molecule has 0 aromatic heterocycles. The van der Waals surface area contributed by atoms with Gasteiger partial charge in [0.25, 0.3) is 0 Å². The molecule has 0 fully saturated rings. The molecule has 0 radical (unpaired) electrons. The van der Waals surface area contributed by atoms with Crippen LogP contribution in [0.5, 0.6) is 0 Å². The summed E-state index contributed by atoms with van der Waals surface area (Å²) in [7, 11) is 0. The molecule has 82 heavy (non-hydrogen) atoms. The summed E-state index contributed by atoms with van der Waals surface area (Å²) in [5.74, 6) is 0. The van der Waals surface area contributed by atoms with Crippen molar-refractivity contribution in [3.63, 3.8) is 0 Å². The summed E-state index contributed by atoms with van der Waals surface area (Å²) < 4.78 is 0. The highest BCUT2D eigenvalue weighted by Gasteiger charge is 2.40. The molecule has 0 saturated heterocycles. The minimum absolute atomic E-state index is 0.0575. The van der Waals surface area contributed by atoms with Gasteiger partial charge in [0.1, 0.15) is 0 Å². The van der Waals surface area contributed by atoms with Crippen LogP contribution < -0.4 is 42.6 Å². The zero-order valence-electron chi connectivity index (χ0n) is 47.2. The molecule has 2 aliphatic heterocycles. The summed E-state index contributed by atoms with van der Waals surface area (Å²) in [6, 6.07) is 107. The first-order valence-electron chi connectivity index (χ1n) is 28.9. The minimum Gasteiger partial charge on any atom is -0.312 e. The fraction of sp³-hybridized carbons (Fsp3) is 0.0769. The molecule has 0 amide bonds. The molecule has 2 heterocycles. The number of fused-ring (bicyclic) bond motifs is 4. The van der Waals surface area contributed by atoms with Gasteiger partial charge in [0, 0.05) is 34.1 Å². The number of para-hydroxylation sites is 4. The Morgan fingerprint density at radius 3 is 1.13 bits per heavy atom. The van der Waals surface area contributed by atoms with Crippen molar-refractivity contribution in [3.05, 3.63) is 302 Å². The highest BCUT2D eigenvalue weighted by Crippen LogP contribution is 2.41. The highest BCUT2D eigenvalue weighted by molar-refractivity contribution is 7.00. The fourth-order valence-electron chi connectivity index (χ4n) is 13.3. The molecule has 0 unspecified atom stereocenters. The predicted octanol–water partition coefficient (Wildman–Crippen LogP) is 16.5. The van der Waals surface area contributed by atoms with Crippen LogP contribution in [0, 0.1) is 13.8 Å². The maximum Gasteiger partial charge on any atom is 0.248 e. The Balaban J connectivity index is 0.955. The van der Waals surface area contributed by atoms with E-state index in [9.17, 15) is 0 Å². The van der Waals surface area contributed by atoms with Crippen LogP contribution in [0.4, 0.5) is 34.1 Å². The van der Waals surface area contributed by atoms with Crippen LogP contribution in [0.2, 0.25) is 0 Å². The first-order valence-corrected chi connectivity index (χ1v) is 28.9. The zero-order chi connectivity index (χ0) is 55.5. The molecule has 2 nitrogen and oxygen atoms in total. The maximum atomic E-state index is 2.51. The van der Waals surface area contributed by atoms with E-state index in [1.807, 2.05) is 0 Å². The molecular formula is C78H62B2N2. The van der Waals surface area contributed by atoms with Crippen LogP contribution in [-0.2, 0) is 5.41 Å². The number of nitrogens with zero attached hydrogens (tertiary/aromatic N) is 2. The van der Waals surface area contributed by atoms with Crippen molar-refractivity contribution in [1.82, 2.24) is 0 Å². The van der Waals surface area contributed by atoms with Gasteiger partial charge in [0.2, 0.25) is 13.4 Å². The van der Waals surface area contributed by atoms with Gasteiger partial charge in [-0.3, -0.25) is 0 Å². The van der Waals surface area contributed by atoms with Gasteiger partial charge in [-0.05, 0) is 163 Å². The van der Waals surface area contributed by atoms with Gasteiger partial charge in [0.05, 0.1) is 0 Å². The third kappa shape index (κ3) is 8.96. The van der Waals surface area contributed by atoms with Gasteiger partial charge >= 0.3 is 0 Å². The van der Waals surface area contributed by atoms with E-state index in [2.05, 4.69) is 330 Å². The quantitative estimate of drug-likeness (QED) is 0.133. The molecule has 4 heteroatoms. The third-order valence-electron chi connectivity index (χ3n) is 17.1. The van der Waals surface area contributed by atoms with Crippen LogP contribution in [0.3, 0.4) is 0 Å². The molecule has 0 saturated carbocycles. The number of hydrogen-bond donors (Lipinski definition) is 0. The van der Waals surface area contributed by atoms with E-state index in [-0.39, 0.29) is 18.8 Å². The average Bonchev–Trinajstić information content (AvgIpc) is 1.66. The van der Waals surface area contributed by atoms with Crippen molar-refractivity contribution in [3.8, 4) is 55.6 Å². The van der Waals surface area contributed by atoms with Gasteiger partial charge in [0.15, 0.2) is 0 Å². The zero-order valence-corrected chi connectivity index (χ0v) is 47.2. The number of rotatable bonds is 9. The Morgan fingerprint density at radius 2 is 0.634 bits per heavy atom. The van der Waals surface area contributed by atoms with Gasteiger partial charge in [-0.2, -0.15) is 0 Å². The second kappa shape index (κ2) is 20.8. The second-order valence-corrected chi connectivity index (χ2v) is 23.3. The Bertz CT molecular complexity index is 4370. The lowest BCUT2D eigenvalue weighted by atomic mass is 9.33. The topological polar surface area (TPSA) is 6.48 Å². The van der Waals surface area contributed by atoms with E-state index in [0.29, 0.717) is 0 Å². The van der Waals surface area contributed by atoms with Crippen molar-refractivity contribution < 1.29 is 0 Å². The van der Waals surface area contributed by atoms with Crippen molar-refractivity contribution >= 4 is 80.3 Å². The summed E-state index contributed by atoms with van der Waals surface area (Å²) in [4.78, 5) is 4.93. The Hall–Kier alpha value is -9.63. The van der Waals surface area contributed by atoms with Crippen molar-refractivity contribution in [2.45, 2.75) is 40.0 Å². The summed E-state index contributed by atoms with van der Waals surface area (Å²) in [5, 5.41) is 0. The van der Waals surface area contributed by atoms with E-state index in [4.69, 9.17) is 0 Å². The van der Waals surface area contributed by atoms with Gasteiger partial charge in [-0.15, -0.1) is 0 Å². The first-order chi connectivity index (χ1) is 40.2. The standard InChI is InChI=1S/C78H62B2N2/c1-53-24-19-29-58(48-53)65-37-23-39-67(77(65)80-69-41-16-18-43-73(69)82(63-34-13-8-14-35-63)75-47-45-61(52-71(75)80)78(3,4)5)60-31-21-28-57(51-60)56-27-20-30-59(50-56)66-38-22-36-64(55-25-9-6-10-26-55)76(66)79-68-40-15-17-42-72(68)81(62-32-11-7-12-33-62)74-46-44-54(2)49-70(74)79/h6-52H,1-5H3. The maximum absolute atomic E-state index is 2.51. The summed E-state index contributed by atoms with van der Waals surface area (Å²) in [5.41, 5.74) is 30.7. The number of hydrogen-bond acceptors (Lipinski definition) is 2. The van der Waals surface area contributed by atoms with Crippen molar-refractivity contribution in [2.24, 2.45) is 0 Å². The molecule has 14 rings (SSSR count). The highest BCUT2D eigenvalue weighted by atomic mass is 15.2. The second-order valence-electron chi connectivity index (χ2n) is 23.3. The molecule has 0 aliphatic carbocycles. The molecule has 0 atom stereocenters. The summed E-state index contributed by atoms with van der Waals surface area (Å²) >= 11 is 0. The van der Waals surface area contributed by atoms with E-state index >= 15 is 0 Å². The molecule has 12 aromatic carbocycles. The lowest BCUT2D eigenvalue weighted by Crippen LogP contribution is -2.58. The van der Waals surface area contributed by atoms with Gasteiger partial charge in [-0.1, -0.05) is 267 Å². The predicted molar refractivity (Wildman–Crippen MR) is 353 cm³/mol. The van der Waals surface area contributed by atoms with E-state index in [1.54, 1.807) is 0 Å². The number of anilines is 6. The lowest BCUT2D eigenvalue weighted by molar-refractivity contribution is 0.591. The molecular weight excluding hydrogens is 986 g/mol. The summed E-state index contributed by atoms with van der Waals surface area (Å²) in [6.45, 7) is 11.3. The normalized spacial score (nSPS) is 12.6. The van der Waals surface area contributed by atoms with Crippen LogP contribution in [0.1, 0.15) is 37.5 Å². The molecule has 0 bridgehead atoms. The van der Waals surface area contributed by atoms with Crippen LogP contribution in [0.15, 0.2) is 285 Å². The minimum atomic E-state index is -0.0823. The smallest absolute Gasteiger partial charge is 0.248 e. The number of benzene rings is 12. The lowest BCUT2D eigenvalue weighted by Gasteiger charge is -2.39. The molecule has 2 aliphatic rings. The third-order valence-corrected chi connectivity index (χ3v) is 17.1. The Labute approximate surface area is 484 Å². The van der Waals surface area contributed by atoms with Crippen molar-refractivity contribution in [1.29, 1.82) is 0 Å². The molecule has 0 spiro atoms. The van der Waals surface area contributed by atoms with Crippen LogP contribution >= 0.6 is 0 Å². The SMILES string of the molecule is Cc1cccc(-c2cccc(-c3cccc(-c4cccc(-c5cccc(-c6ccccc6)c5B5c6ccccc6N(c6ccccc6)c6ccc(C)cc65)c4)c3)c2B2c3ccccc3N(c3ccccc3)c3ccc(C(C)(C)C)cc32)c1. The van der Waals surface area contributed by atoms with Crippen LogP contribution in [-0.4, -0.2) is 13.4 Å². The summed E-state index contributed by atoms with van der Waals surface area (Å²) in [6.07, 6.45) is 0. The monoisotopic (exact) mass is 1050 g/mol. The van der Waals surface area contributed by atoms with E-state index in [1.165, 1.54) is 128 Å². The van der Waals surface area contributed by atoms with E-state index in [0.717, 1.165) is 11.4 Å². The molecule has 0 N–H and O–H groups in total. The molecule has 12 aromatic rings. The largest absolute Gasteiger partial charge is 0.312 e. The van der Waals surface area contributed by atoms with Crippen LogP contribution in [0.25, 0.3) is 55.6 Å². The average molecular weight is 1050 g/mol. The molecule has 390 valence electrons. The van der Waals surface area contributed by atoms with Gasteiger partial charge in [-0.25, -0.2) is 0 Å². The van der Waals surface area contributed by atoms with Gasteiger partial charge < -0.3 is 9.80 Å². The van der Waals surface area contributed by atoms with E-state index < -0.39 is 0 Å². The first kappa shape index (κ1) is 50.6. The Kier molecular flexibility index (Phi) is 12.8. The number of aryl methyl sites for hydroxylation is 2. The Morgan fingerprint density at radius 1 is 0.268 bits per heavy atom. The van der Waals surface area contributed by atoms with Crippen molar-refractivity contribution in [2.75, 3.05) is 9.80 Å².